The first-order chi connectivity index (χ1) is 66.2. The largest absolute Gasteiger partial charge is 0.455 e. The van der Waals surface area contributed by atoms with E-state index < -0.39 is 0 Å². The zero-order valence-corrected chi connectivity index (χ0v) is 71.0. The Morgan fingerprint density at radius 2 is 0.470 bits per heavy atom. The van der Waals surface area contributed by atoms with Gasteiger partial charge in [0.05, 0.1) is 106 Å². The molecule has 16 heteroatoms. The second-order valence-corrected chi connectivity index (χ2v) is 33.6. The fourth-order valence-corrected chi connectivity index (χ4v) is 20.0. The number of rotatable bonds is 13. The predicted molar refractivity (Wildman–Crippen MR) is 533 cm³/mol. The van der Waals surface area contributed by atoms with Crippen LogP contribution in [0.4, 0.5) is 0 Å². The average Bonchev–Trinajstić information content (AvgIpc) is 1.54. The van der Waals surface area contributed by atoms with Gasteiger partial charge in [-0.1, -0.05) is 212 Å². The third-order valence-corrected chi connectivity index (χ3v) is 26.2. The average molecular weight is 1710 g/mol. The van der Waals surface area contributed by atoms with Crippen LogP contribution in [0.1, 0.15) is 22.3 Å². The first-order valence-electron chi connectivity index (χ1n) is 44.0. The number of furan rings is 2. The molecule has 0 bridgehead atoms. The Balaban J connectivity index is 0.592. The van der Waals surface area contributed by atoms with Crippen LogP contribution in [0, 0.1) is 45.3 Å². The number of fused-ring (bicyclic) bond motifs is 22. The van der Waals surface area contributed by atoms with Crippen molar-refractivity contribution in [3.63, 3.8) is 0 Å². The van der Waals surface area contributed by atoms with E-state index in [9.17, 15) is 21.0 Å². The Hall–Kier alpha value is -19.3. The van der Waals surface area contributed by atoms with Crippen molar-refractivity contribution < 1.29 is 8.83 Å². The molecule has 0 aliphatic carbocycles. The lowest BCUT2D eigenvalue weighted by atomic mass is 9.97. The summed E-state index contributed by atoms with van der Waals surface area (Å²) in [7, 11) is 0. The zero-order valence-electron chi connectivity index (χ0n) is 71.0. The van der Waals surface area contributed by atoms with Gasteiger partial charge in [0, 0.05) is 93.5 Å². The van der Waals surface area contributed by atoms with Gasteiger partial charge in [-0.05, 0) is 209 Å². The van der Waals surface area contributed by atoms with Crippen LogP contribution in [0.5, 0.6) is 0 Å². The maximum Gasteiger partial charge on any atom is 0.164 e. The molecule has 0 fully saturated rings. The third-order valence-electron chi connectivity index (χ3n) is 26.2. The summed E-state index contributed by atoms with van der Waals surface area (Å²) in [5.41, 5.74) is 26.8. The summed E-state index contributed by atoms with van der Waals surface area (Å²) in [4.78, 5) is 31.0. The number of hydrogen-bond donors (Lipinski definition) is 0. The van der Waals surface area contributed by atoms with E-state index in [0.29, 0.717) is 62.9 Å². The Morgan fingerprint density at radius 1 is 0.187 bits per heavy atom. The molecule has 0 N–H and O–H groups in total. The fraction of sp³-hybridized carbons (Fsp3) is 0. The van der Waals surface area contributed by atoms with Gasteiger partial charge in [-0.15, -0.1) is 0 Å². The van der Waals surface area contributed by atoms with Crippen LogP contribution in [-0.4, -0.2) is 48.2 Å². The van der Waals surface area contributed by atoms with Crippen LogP contribution in [0.3, 0.4) is 0 Å². The van der Waals surface area contributed by atoms with E-state index >= 15 is 0 Å². The van der Waals surface area contributed by atoms with Gasteiger partial charge in [0.25, 0.3) is 0 Å². The Bertz CT molecular complexity index is 9480. The third kappa shape index (κ3) is 12.0. The van der Waals surface area contributed by atoms with Crippen LogP contribution in [0.2, 0.25) is 0 Å². The van der Waals surface area contributed by atoms with Gasteiger partial charge >= 0.3 is 0 Å². The van der Waals surface area contributed by atoms with Crippen LogP contribution in [0.15, 0.2) is 397 Å². The smallest absolute Gasteiger partial charge is 0.164 e. The summed E-state index contributed by atoms with van der Waals surface area (Å²) in [6.45, 7) is 0. The molecule has 618 valence electrons. The minimum absolute atomic E-state index is 0.404. The molecule has 0 saturated carbocycles. The minimum atomic E-state index is 0.404. The summed E-state index contributed by atoms with van der Waals surface area (Å²) in [5, 5.41) is 52.3. The highest BCUT2D eigenvalue weighted by Gasteiger charge is 2.29. The van der Waals surface area contributed by atoms with Crippen molar-refractivity contribution in [2.75, 3.05) is 0 Å². The van der Waals surface area contributed by atoms with Gasteiger partial charge in [-0.2, -0.15) is 21.0 Å². The Kier molecular flexibility index (Phi) is 17.1. The lowest BCUT2D eigenvalue weighted by molar-refractivity contribution is 0.676. The summed E-state index contributed by atoms with van der Waals surface area (Å²) in [6, 6.07) is 141. The molecule has 8 aromatic heterocycles. The van der Waals surface area contributed by atoms with E-state index in [2.05, 4.69) is 250 Å². The van der Waals surface area contributed by atoms with Crippen molar-refractivity contribution >= 4 is 131 Å². The van der Waals surface area contributed by atoms with Gasteiger partial charge in [0.2, 0.25) is 0 Å². The molecule has 0 aliphatic heterocycles. The summed E-state index contributed by atoms with van der Waals surface area (Å²) >= 11 is 0. The first kappa shape index (κ1) is 76.0. The van der Waals surface area contributed by atoms with E-state index in [4.69, 9.17) is 38.7 Å². The molecule has 8 heterocycles. The van der Waals surface area contributed by atoms with E-state index in [-0.39, 0.29) is 0 Å². The highest BCUT2D eigenvalue weighted by molar-refractivity contribution is 6.31. The fourth-order valence-electron chi connectivity index (χ4n) is 20.0. The molecule has 134 heavy (non-hydrogen) atoms. The molecule has 26 rings (SSSR count). The van der Waals surface area contributed by atoms with Crippen LogP contribution in [0.25, 0.3) is 256 Å². The molecule has 16 nitrogen and oxygen atoms in total. The molecule has 18 aromatic carbocycles. The van der Waals surface area contributed by atoms with Gasteiger partial charge in [0.1, 0.15) is 34.5 Å². The maximum atomic E-state index is 10.4. The van der Waals surface area contributed by atoms with Crippen molar-refractivity contribution in [1.82, 2.24) is 48.2 Å². The van der Waals surface area contributed by atoms with E-state index in [1.165, 1.54) is 0 Å². The van der Waals surface area contributed by atoms with Gasteiger partial charge in [-0.25, -0.2) is 29.9 Å². The van der Waals surface area contributed by atoms with Gasteiger partial charge < -0.3 is 27.1 Å². The van der Waals surface area contributed by atoms with Crippen molar-refractivity contribution in [2.24, 2.45) is 0 Å². The number of hydrogen-bond acceptors (Lipinski definition) is 12. The zero-order chi connectivity index (χ0) is 88.9. The standard InChI is InChI=1S/C118H64N14O2/c119-65-69-31-35-72(36-32-69)83-61-84(73-37-33-70(66-120)34-38-73)63-87(62-83)131-97-29-14-11-26-93(97)105-101(131)59-55-89-90-54-58-100-107(112(90)134-110(89)105)95-52-47-80(64-103(95)130(100)86-50-45-79(46-51-86)117-125-113(74-17-4-1-5-18-74)123-114(126-117)75-19-6-2-7-20-75)71-39-41-77(42-40-71)116-124-115(76-21-8-3-9-22-76)127-118(128-116)78-43-48-85(49-44-78)129-96-28-13-10-25-92(96)104-99(129)57-53-88-91-56-60-102-106(111(91)133-109(88)104)94-27-12-15-30-98(94)132(102)108-81(67-121)23-16-24-82(108)68-122/h1-64H. The van der Waals surface area contributed by atoms with Crippen molar-refractivity contribution in [3.05, 3.63) is 411 Å². The molecule has 0 aliphatic rings. The van der Waals surface area contributed by atoms with Crippen molar-refractivity contribution in [2.45, 2.75) is 0 Å². The molecule has 0 radical (unpaired) electrons. The molecule has 26 aromatic rings. The molecule has 0 saturated heterocycles. The first-order valence-corrected chi connectivity index (χ1v) is 44.0. The second kappa shape index (κ2) is 30.2. The lowest BCUT2D eigenvalue weighted by Gasteiger charge is -2.14. The van der Waals surface area contributed by atoms with Gasteiger partial charge in [0.15, 0.2) is 34.9 Å². The lowest BCUT2D eigenvalue weighted by Crippen LogP contribution is -2.00. The quantitative estimate of drug-likeness (QED) is 0.105. The Morgan fingerprint density at radius 3 is 0.843 bits per heavy atom. The van der Waals surface area contributed by atoms with Crippen LogP contribution in [-0.2, 0) is 0 Å². The number of nitrogens with zero attached hydrogens (tertiary/aromatic N) is 14. The minimum Gasteiger partial charge on any atom is -0.455 e. The number of nitriles is 4. The van der Waals surface area contributed by atoms with Crippen LogP contribution < -0.4 is 0 Å². The van der Waals surface area contributed by atoms with Crippen molar-refractivity contribution in [3.8, 4) is 149 Å². The van der Waals surface area contributed by atoms with Gasteiger partial charge in [-0.3, -0.25) is 0 Å². The molecule has 0 amide bonds. The summed E-state index contributed by atoms with van der Waals surface area (Å²) in [5.74, 6) is 3.28. The van der Waals surface area contributed by atoms with Crippen molar-refractivity contribution in [1.29, 1.82) is 21.0 Å². The highest BCUT2D eigenvalue weighted by atomic mass is 16.3. The monoisotopic (exact) mass is 1710 g/mol. The van der Waals surface area contributed by atoms with Crippen LogP contribution >= 0.6 is 0 Å². The second-order valence-electron chi connectivity index (χ2n) is 33.6. The summed E-state index contributed by atoms with van der Waals surface area (Å²) in [6.07, 6.45) is 0. The summed E-state index contributed by atoms with van der Waals surface area (Å²) < 4.78 is 23.9. The van der Waals surface area contributed by atoms with E-state index in [1.807, 2.05) is 162 Å². The molecular formula is C118H64N14O2. The predicted octanol–water partition coefficient (Wildman–Crippen LogP) is 28.7. The highest BCUT2D eigenvalue weighted by Crippen LogP contribution is 2.50. The Labute approximate surface area is 763 Å². The molecule has 0 unspecified atom stereocenters. The number of aromatic nitrogens is 10. The number of para-hydroxylation sites is 4. The molecule has 0 spiro atoms. The van der Waals surface area contributed by atoms with E-state index in [0.717, 1.165) is 215 Å². The molecule has 0 atom stereocenters. The van der Waals surface area contributed by atoms with E-state index in [1.54, 1.807) is 18.2 Å². The molecular weight excluding hydrogens is 1650 g/mol. The normalized spacial score (nSPS) is 11.7. The maximum absolute atomic E-state index is 10.4. The number of benzene rings is 18. The SMILES string of the molecule is N#Cc1ccc(-c2cc(-c3ccc(C#N)cc3)cc(-n3c4ccccc4c4c5oc6c(ccc7c6c6ccc(-c8ccc(-c9nc(-c%10ccccc%10)nc(-c%10ccc(-n%11c%12ccccc%12c%12c%13oc%14c(ccc%15c%14c%14ccccc%14n%15-c%14c(C#N)cccc%14C#N)c%13ccc%12%11)cc%10)n9)cc8)cc6n7-c6ccc(-c7nc(-c8ccccc8)nc(-c8ccccc8)n7)cc6)c5ccc43)c2)cc1. The topological polar surface area (TPSA) is 218 Å².